The Kier molecular flexibility index (Phi) is 7.05. The van der Waals surface area contributed by atoms with Crippen LogP contribution in [0.4, 0.5) is 24.5 Å². The second-order valence-electron chi connectivity index (χ2n) is 7.32. The Hall–Kier alpha value is -3.74. The number of hydrogen-bond donors (Lipinski definition) is 1. The number of rotatable bonds is 8. The van der Waals surface area contributed by atoms with Gasteiger partial charge >= 0.3 is 12.1 Å². The fourth-order valence-electron chi connectivity index (χ4n) is 3.28. The van der Waals surface area contributed by atoms with E-state index in [0.29, 0.717) is 28.5 Å². The molecule has 0 radical (unpaired) electrons. The summed E-state index contributed by atoms with van der Waals surface area (Å²) >= 11 is 1.39. The van der Waals surface area contributed by atoms with Gasteiger partial charge in [-0.05, 0) is 39.0 Å². The van der Waals surface area contributed by atoms with Gasteiger partial charge in [0.05, 0.1) is 10.5 Å². The van der Waals surface area contributed by atoms with Crippen LogP contribution in [0.5, 0.6) is 0 Å². The van der Waals surface area contributed by atoms with E-state index in [2.05, 4.69) is 10.3 Å². The first kappa shape index (κ1) is 24.9. The molecular weight excluding hydrogens is 477 g/mol. The molecule has 13 heteroatoms. The Morgan fingerprint density at radius 1 is 1.29 bits per heavy atom. The number of halogens is 3. The first-order valence-electron chi connectivity index (χ1n) is 9.81. The number of ketones is 1. The number of nitrogens with one attached hydrogen (secondary N) is 1. The van der Waals surface area contributed by atoms with Crippen molar-refractivity contribution in [3.63, 3.8) is 0 Å². The summed E-state index contributed by atoms with van der Waals surface area (Å²) in [7, 11) is 0. The number of nitro groups is 1. The lowest BCUT2D eigenvalue weighted by Gasteiger charge is -2.15. The van der Waals surface area contributed by atoms with Gasteiger partial charge in [-0.15, -0.1) is 11.3 Å². The number of esters is 1. The van der Waals surface area contributed by atoms with E-state index < -0.39 is 46.8 Å². The van der Waals surface area contributed by atoms with E-state index in [9.17, 15) is 32.9 Å². The molecule has 0 saturated carbocycles. The number of alkyl halides is 3. The van der Waals surface area contributed by atoms with Gasteiger partial charge < -0.3 is 10.1 Å². The molecule has 3 rings (SSSR count). The topological polar surface area (TPSA) is 116 Å². The molecule has 0 spiro atoms. The molecule has 3 aromatic rings. The second kappa shape index (κ2) is 9.63. The summed E-state index contributed by atoms with van der Waals surface area (Å²) < 4.78 is 45.4. The Balaban J connectivity index is 1.68. The van der Waals surface area contributed by atoms with Crippen LogP contribution in [-0.4, -0.2) is 38.9 Å². The number of nitrogens with zero attached hydrogens (tertiary/aromatic N) is 3. The molecule has 2 aromatic heterocycles. The molecule has 1 aromatic carbocycles. The average Bonchev–Trinajstić information content (AvgIpc) is 3.38. The molecule has 180 valence electrons. The van der Waals surface area contributed by atoms with Crippen LogP contribution in [0.1, 0.15) is 34.2 Å². The van der Waals surface area contributed by atoms with Gasteiger partial charge in [-0.1, -0.05) is 0 Å². The van der Waals surface area contributed by atoms with Gasteiger partial charge in [0.15, 0.2) is 11.7 Å². The van der Waals surface area contributed by atoms with E-state index in [1.807, 2.05) is 0 Å². The number of benzene rings is 1. The van der Waals surface area contributed by atoms with Crippen molar-refractivity contribution < 1.29 is 32.4 Å². The Bertz CT molecular complexity index is 1240. The summed E-state index contributed by atoms with van der Waals surface area (Å²) in [6, 6.07) is 2.38. The highest BCUT2D eigenvalue weighted by Crippen LogP contribution is 2.35. The maximum atomic E-state index is 12.9. The summed E-state index contributed by atoms with van der Waals surface area (Å²) in [5, 5.41) is 16.2. The van der Waals surface area contributed by atoms with Gasteiger partial charge in [0.25, 0.3) is 5.69 Å². The Morgan fingerprint density at radius 3 is 2.59 bits per heavy atom. The molecule has 1 N–H and O–H groups in total. The van der Waals surface area contributed by atoms with Crippen molar-refractivity contribution in [2.45, 2.75) is 33.0 Å². The molecule has 34 heavy (non-hydrogen) atoms. The summed E-state index contributed by atoms with van der Waals surface area (Å²) in [4.78, 5) is 39.4. The van der Waals surface area contributed by atoms with Crippen molar-refractivity contribution in [2.24, 2.45) is 0 Å². The van der Waals surface area contributed by atoms with E-state index in [0.717, 1.165) is 11.8 Å². The molecule has 2 heterocycles. The highest BCUT2D eigenvalue weighted by atomic mass is 32.1. The molecule has 0 bridgehead atoms. The minimum atomic E-state index is -4.76. The van der Waals surface area contributed by atoms with Gasteiger partial charge in [0.1, 0.15) is 11.7 Å². The summed E-state index contributed by atoms with van der Waals surface area (Å²) in [6.07, 6.45) is -3.12. The zero-order valence-corrected chi connectivity index (χ0v) is 19.0. The van der Waals surface area contributed by atoms with Crippen LogP contribution in [0.3, 0.4) is 0 Å². The third-order valence-electron chi connectivity index (χ3n) is 4.93. The van der Waals surface area contributed by atoms with E-state index in [1.54, 1.807) is 36.1 Å². The fraction of sp³-hybridized carbons (Fsp3) is 0.286. The van der Waals surface area contributed by atoms with Gasteiger partial charge in [0, 0.05) is 34.6 Å². The number of ether oxygens (including phenoxy) is 1. The Morgan fingerprint density at radius 2 is 2.00 bits per heavy atom. The van der Waals surface area contributed by atoms with Crippen molar-refractivity contribution in [2.75, 3.05) is 11.9 Å². The summed E-state index contributed by atoms with van der Waals surface area (Å²) in [5.41, 5.74) is -0.590. The fourth-order valence-corrected chi connectivity index (χ4v) is 4.03. The van der Waals surface area contributed by atoms with Crippen LogP contribution in [0.15, 0.2) is 35.8 Å². The maximum Gasteiger partial charge on any atom is 0.416 e. The average molecular weight is 496 g/mol. The number of Topliss-reactive ketones (excluding diaryl/α,β-unsaturated/α-hetero) is 1. The zero-order chi connectivity index (χ0) is 25.2. The number of carbonyl (C=O) groups is 2. The number of aromatic nitrogens is 2. The van der Waals surface area contributed by atoms with Crippen molar-refractivity contribution in [3.8, 4) is 5.13 Å². The number of aryl methyl sites for hydroxylation is 1. The molecule has 0 fully saturated rings. The summed E-state index contributed by atoms with van der Waals surface area (Å²) in [5.74, 6) is -1.37. The SMILES string of the molecule is Cc1cc(C(=O)COC(=O)[C@@H](C)Nc2ccc(C(F)(F)F)cc2[N+](=O)[O-])c(C)n1-c1nccs1. The molecule has 9 nitrogen and oxygen atoms in total. The van der Waals surface area contributed by atoms with Gasteiger partial charge in [-0.2, -0.15) is 13.2 Å². The van der Waals surface area contributed by atoms with Crippen molar-refractivity contribution >= 4 is 34.5 Å². The smallest absolute Gasteiger partial charge is 0.416 e. The lowest BCUT2D eigenvalue weighted by Crippen LogP contribution is -2.30. The highest BCUT2D eigenvalue weighted by molar-refractivity contribution is 7.12. The number of anilines is 1. The molecule has 1 atom stereocenters. The molecule has 0 saturated heterocycles. The van der Waals surface area contributed by atoms with Crippen LogP contribution < -0.4 is 5.32 Å². The molecule has 0 amide bonds. The first-order chi connectivity index (χ1) is 15.9. The predicted molar refractivity (Wildman–Crippen MR) is 117 cm³/mol. The summed E-state index contributed by atoms with van der Waals surface area (Å²) in [6.45, 7) is 4.27. The second-order valence-corrected chi connectivity index (χ2v) is 8.19. The third-order valence-corrected chi connectivity index (χ3v) is 5.69. The van der Waals surface area contributed by atoms with E-state index in [-0.39, 0.29) is 5.69 Å². The molecular formula is C21H19F3N4O5S. The van der Waals surface area contributed by atoms with Crippen molar-refractivity contribution in [1.29, 1.82) is 0 Å². The minimum Gasteiger partial charge on any atom is -0.456 e. The molecule has 0 aliphatic rings. The normalized spacial score (nSPS) is 12.3. The largest absolute Gasteiger partial charge is 0.456 e. The monoisotopic (exact) mass is 496 g/mol. The van der Waals surface area contributed by atoms with E-state index in [4.69, 9.17) is 4.74 Å². The van der Waals surface area contributed by atoms with Gasteiger partial charge in [-0.3, -0.25) is 19.5 Å². The van der Waals surface area contributed by atoms with Crippen LogP contribution in [0, 0.1) is 24.0 Å². The lowest BCUT2D eigenvalue weighted by molar-refractivity contribution is -0.384. The highest BCUT2D eigenvalue weighted by Gasteiger charge is 2.33. The minimum absolute atomic E-state index is 0.291. The van der Waals surface area contributed by atoms with E-state index in [1.165, 1.54) is 18.3 Å². The van der Waals surface area contributed by atoms with Gasteiger partial charge in [0.2, 0.25) is 5.78 Å². The maximum absolute atomic E-state index is 12.9. The lowest BCUT2D eigenvalue weighted by atomic mass is 10.1. The third kappa shape index (κ3) is 5.25. The standard InChI is InChI=1S/C21H19F3N4O5S/c1-11-8-15(13(3)27(11)20-25-6-7-34-20)18(29)10-33-19(30)12(2)26-16-5-4-14(21(22,23)24)9-17(16)28(31)32/h4-9,12,26H,10H2,1-3H3/t12-/m1/s1. The van der Waals surface area contributed by atoms with Crippen molar-refractivity contribution in [1.82, 2.24) is 9.55 Å². The molecule has 0 unspecified atom stereocenters. The first-order valence-corrected chi connectivity index (χ1v) is 10.7. The van der Waals surface area contributed by atoms with Crippen LogP contribution in [0.2, 0.25) is 0 Å². The van der Waals surface area contributed by atoms with Crippen LogP contribution in [-0.2, 0) is 15.7 Å². The van der Waals surface area contributed by atoms with E-state index >= 15 is 0 Å². The zero-order valence-electron chi connectivity index (χ0n) is 18.2. The number of nitro benzene ring substituents is 1. The number of thiazole rings is 1. The number of hydrogen-bond acceptors (Lipinski definition) is 8. The molecule has 0 aliphatic heterocycles. The quantitative estimate of drug-likeness (QED) is 0.208. The van der Waals surface area contributed by atoms with Gasteiger partial charge in [-0.25, -0.2) is 9.78 Å². The van der Waals surface area contributed by atoms with Crippen LogP contribution in [0.25, 0.3) is 5.13 Å². The predicted octanol–water partition coefficient (Wildman–Crippen LogP) is 4.70. The van der Waals surface area contributed by atoms with Crippen molar-refractivity contribution in [3.05, 3.63) is 68.5 Å². The number of carbonyl (C=O) groups excluding carboxylic acids is 2. The van der Waals surface area contributed by atoms with Crippen LogP contribution >= 0.6 is 11.3 Å². The Labute approximate surface area is 195 Å². The molecule has 0 aliphatic carbocycles.